The Morgan fingerprint density at radius 2 is 1.90 bits per heavy atom. The van der Waals surface area contributed by atoms with Crippen molar-refractivity contribution >= 4 is 35.7 Å². The average molecular weight is 380 g/mol. The molecule has 0 spiro atoms. The molecule has 0 radical (unpaired) electrons. The van der Waals surface area contributed by atoms with Gasteiger partial charge in [0, 0.05) is 16.7 Å². The van der Waals surface area contributed by atoms with Gasteiger partial charge >= 0.3 is 0 Å². The van der Waals surface area contributed by atoms with E-state index < -0.39 is 14.9 Å². The van der Waals surface area contributed by atoms with E-state index in [0.717, 1.165) is 0 Å². The summed E-state index contributed by atoms with van der Waals surface area (Å²) in [7, 11) is 1.51. The fourth-order valence-corrected chi connectivity index (χ4v) is 3.16. The standard InChI is InChI=1S/C13H9BrClFO3S/c1-8-6-10(3-5-13(8)20(15,17)18)19-12-7-9(16)2-4-11(12)14/h2-7H,1H3. The molecule has 0 atom stereocenters. The Labute approximate surface area is 128 Å². The highest BCUT2D eigenvalue weighted by Gasteiger charge is 2.14. The lowest BCUT2D eigenvalue weighted by atomic mass is 10.2. The maximum atomic E-state index is 13.2. The van der Waals surface area contributed by atoms with Gasteiger partial charge < -0.3 is 4.74 Å². The summed E-state index contributed by atoms with van der Waals surface area (Å²) in [4.78, 5) is 0.0184. The Hall–Kier alpha value is -1.11. The van der Waals surface area contributed by atoms with Crippen molar-refractivity contribution < 1.29 is 17.5 Å². The molecule has 0 aliphatic carbocycles. The minimum absolute atomic E-state index is 0.0184. The Morgan fingerprint density at radius 3 is 2.50 bits per heavy atom. The molecule has 0 fully saturated rings. The Balaban J connectivity index is 2.36. The van der Waals surface area contributed by atoms with Crippen molar-refractivity contribution in [2.45, 2.75) is 11.8 Å². The van der Waals surface area contributed by atoms with Crippen molar-refractivity contribution in [2.24, 2.45) is 0 Å². The van der Waals surface area contributed by atoms with E-state index in [2.05, 4.69) is 15.9 Å². The molecule has 0 saturated carbocycles. The second kappa shape index (κ2) is 5.71. The molecule has 2 aromatic rings. The lowest BCUT2D eigenvalue weighted by Crippen LogP contribution is -1.95. The number of hydrogen-bond donors (Lipinski definition) is 0. The lowest BCUT2D eigenvalue weighted by molar-refractivity contribution is 0.472. The Kier molecular flexibility index (Phi) is 4.36. The minimum atomic E-state index is -3.79. The van der Waals surface area contributed by atoms with E-state index >= 15 is 0 Å². The second-order valence-corrected chi connectivity index (χ2v) is 7.43. The average Bonchev–Trinajstić information content (AvgIpc) is 2.32. The van der Waals surface area contributed by atoms with Crippen LogP contribution in [0.4, 0.5) is 4.39 Å². The molecule has 0 aliphatic heterocycles. The molecule has 3 nitrogen and oxygen atoms in total. The molecule has 0 heterocycles. The van der Waals surface area contributed by atoms with Crippen LogP contribution in [0.25, 0.3) is 0 Å². The summed E-state index contributed by atoms with van der Waals surface area (Å²) < 4.78 is 41.8. The van der Waals surface area contributed by atoms with E-state index in [0.29, 0.717) is 21.5 Å². The molecular formula is C13H9BrClFO3S. The lowest BCUT2D eigenvalue weighted by Gasteiger charge is -2.10. The highest BCUT2D eigenvalue weighted by atomic mass is 79.9. The summed E-state index contributed by atoms with van der Waals surface area (Å²) in [5.74, 6) is 0.253. The van der Waals surface area contributed by atoms with Crippen molar-refractivity contribution in [3.8, 4) is 11.5 Å². The maximum absolute atomic E-state index is 13.2. The SMILES string of the molecule is Cc1cc(Oc2cc(F)ccc2Br)ccc1S(=O)(=O)Cl. The van der Waals surface area contributed by atoms with Gasteiger partial charge in [-0.3, -0.25) is 0 Å². The number of rotatable bonds is 3. The molecule has 106 valence electrons. The fourth-order valence-electron chi connectivity index (χ4n) is 1.64. The molecule has 7 heteroatoms. The molecule has 0 amide bonds. The van der Waals surface area contributed by atoms with Crippen LogP contribution in [0.2, 0.25) is 0 Å². The van der Waals surface area contributed by atoms with Crippen LogP contribution in [0.15, 0.2) is 45.8 Å². The summed E-state index contributed by atoms with van der Waals surface area (Å²) >= 11 is 3.24. The first-order valence-corrected chi connectivity index (χ1v) is 8.56. The van der Waals surface area contributed by atoms with Gasteiger partial charge in [0.2, 0.25) is 0 Å². The molecule has 2 aromatic carbocycles. The number of aryl methyl sites for hydroxylation is 1. The highest BCUT2D eigenvalue weighted by molar-refractivity contribution is 9.10. The van der Waals surface area contributed by atoms with Crippen LogP contribution in [-0.2, 0) is 9.05 Å². The first-order valence-electron chi connectivity index (χ1n) is 5.45. The van der Waals surface area contributed by atoms with Crippen LogP contribution in [0, 0.1) is 12.7 Å². The van der Waals surface area contributed by atoms with E-state index in [4.69, 9.17) is 15.4 Å². The molecule has 0 saturated heterocycles. The number of ether oxygens (including phenoxy) is 1. The molecule has 0 aromatic heterocycles. The second-order valence-electron chi connectivity index (χ2n) is 4.04. The zero-order valence-corrected chi connectivity index (χ0v) is 13.4. The van der Waals surface area contributed by atoms with Crippen LogP contribution in [-0.4, -0.2) is 8.42 Å². The summed E-state index contributed by atoms with van der Waals surface area (Å²) in [6, 6.07) is 8.37. The monoisotopic (exact) mass is 378 g/mol. The molecule has 0 bridgehead atoms. The predicted molar refractivity (Wildman–Crippen MR) is 78.4 cm³/mol. The first-order chi connectivity index (χ1) is 9.27. The third-order valence-electron chi connectivity index (χ3n) is 2.53. The third-order valence-corrected chi connectivity index (χ3v) is 4.67. The minimum Gasteiger partial charge on any atom is -0.456 e. The zero-order valence-electron chi connectivity index (χ0n) is 10.2. The first kappa shape index (κ1) is 15.3. The summed E-state index contributed by atoms with van der Waals surface area (Å²) in [5.41, 5.74) is 0.449. The van der Waals surface area contributed by atoms with Crippen LogP contribution in [0.5, 0.6) is 11.5 Å². The molecule has 0 N–H and O–H groups in total. The molecule has 0 aliphatic rings. The van der Waals surface area contributed by atoms with Crippen molar-refractivity contribution in [1.82, 2.24) is 0 Å². The largest absolute Gasteiger partial charge is 0.456 e. The van der Waals surface area contributed by atoms with Crippen LogP contribution in [0.1, 0.15) is 5.56 Å². The molecule has 20 heavy (non-hydrogen) atoms. The highest BCUT2D eigenvalue weighted by Crippen LogP contribution is 2.32. The van der Waals surface area contributed by atoms with Crippen LogP contribution >= 0.6 is 26.6 Å². The smallest absolute Gasteiger partial charge is 0.261 e. The van der Waals surface area contributed by atoms with E-state index in [1.54, 1.807) is 6.92 Å². The van der Waals surface area contributed by atoms with Gasteiger partial charge in [-0.15, -0.1) is 0 Å². The van der Waals surface area contributed by atoms with Gasteiger partial charge in [0.1, 0.15) is 17.3 Å². The fraction of sp³-hybridized carbons (Fsp3) is 0.0769. The number of halogens is 3. The van der Waals surface area contributed by atoms with E-state index in [-0.39, 0.29) is 4.90 Å². The van der Waals surface area contributed by atoms with Gasteiger partial charge in [-0.1, -0.05) is 0 Å². The zero-order chi connectivity index (χ0) is 14.9. The van der Waals surface area contributed by atoms with Crippen molar-refractivity contribution in [2.75, 3.05) is 0 Å². The topological polar surface area (TPSA) is 43.4 Å². The van der Waals surface area contributed by atoms with Crippen molar-refractivity contribution in [3.05, 3.63) is 52.3 Å². The van der Waals surface area contributed by atoms with Gasteiger partial charge in [-0.25, -0.2) is 12.8 Å². The third kappa shape index (κ3) is 3.50. The van der Waals surface area contributed by atoms with Gasteiger partial charge in [-0.2, -0.15) is 0 Å². The van der Waals surface area contributed by atoms with Crippen LogP contribution in [0.3, 0.4) is 0 Å². The summed E-state index contributed by atoms with van der Waals surface area (Å²) in [6.07, 6.45) is 0. The van der Waals surface area contributed by atoms with Gasteiger partial charge in [0.05, 0.1) is 9.37 Å². The van der Waals surface area contributed by atoms with Gasteiger partial charge in [0.15, 0.2) is 0 Å². The van der Waals surface area contributed by atoms with E-state index in [1.807, 2.05) is 0 Å². The van der Waals surface area contributed by atoms with E-state index in [1.165, 1.54) is 36.4 Å². The predicted octanol–water partition coefficient (Wildman–Crippen LogP) is 4.62. The van der Waals surface area contributed by atoms with Crippen molar-refractivity contribution in [3.63, 3.8) is 0 Å². The molecular weight excluding hydrogens is 371 g/mol. The van der Waals surface area contributed by atoms with Gasteiger partial charge in [-0.05, 0) is 58.7 Å². The number of hydrogen-bond acceptors (Lipinski definition) is 3. The summed E-state index contributed by atoms with van der Waals surface area (Å²) in [6.45, 7) is 1.60. The quantitative estimate of drug-likeness (QED) is 0.731. The van der Waals surface area contributed by atoms with Crippen LogP contribution < -0.4 is 4.74 Å². The molecule has 0 unspecified atom stereocenters. The summed E-state index contributed by atoms with van der Waals surface area (Å²) in [5, 5.41) is 0. The normalized spacial score (nSPS) is 11.4. The maximum Gasteiger partial charge on any atom is 0.261 e. The Morgan fingerprint density at radius 1 is 1.20 bits per heavy atom. The van der Waals surface area contributed by atoms with E-state index in [9.17, 15) is 12.8 Å². The Bertz CT molecular complexity index is 762. The number of benzene rings is 2. The van der Waals surface area contributed by atoms with Gasteiger partial charge in [0.25, 0.3) is 9.05 Å². The van der Waals surface area contributed by atoms with Crippen molar-refractivity contribution in [1.29, 1.82) is 0 Å². The molecule has 2 rings (SSSR count).